The lowest BCUT2D eigenvalue weighted by molar-refractivity contribution is 0.0294. The molecule has 19 heavy (non-hydrogen) atoms. The van der Waals surface area contributed by atoms with Gasteiger partial charge in [0.15, 0.2) is 5.78 Å². The minimum Gasteiger partial charge on any atom is -0.392 e. The zero-order chi connectivity index (χ0) is 14.0. The van der Waals surface area contributed by atoms with Crippen molar-refractivity contribution < 1.29 is 18.7 Å². The standard InChI is InChI=1S/C14H17F2NO2/c1-9-4-5-17(7-13(9)18)8-14(19)11-6-10(15)2-3-12(11)16/h2-3,6,9,13,18H,4-5,7-8H2,1H3. The highest BCUT2D eigenvalue weighted by Gasteiger charge is 2.26. The van der Waals surface area contributed by atoms with Gasteiger partial charge >= 0.3 is 0 Å². The topological polar surface area (TPSA) is 40.5 Å². The van der Waals surface area contributed by atoms with Crippen LogP contribution in [0.15, 0.2) is 18.2 Å². The van der Waals surface area contributed by atoms with E-state index >= 15 is 0 Å². The number of aliphatic hydroxyl groups is 1. The number of benzene rings is 1. The Bertz CT molecular complexity index is 479. The molecule has 1 aromatic carbocycles. The lowest BCUT2D eigenvalue weighted by atomic mass is 9.95. The smallest absolute Gasteiger partial charge is 0.179 e. The molecular weight excluding hydrogens is 252 g/mol. The molecule has 1 heterocycles. The average Bonchev–Trinajstić information content (AvgIpc) is 2.36. The number of likely N-dealkylation sites (tertiary alicyclic amines) is 1. The number of hydrogen-bond donors (Lipinski definition) is 1. The number of aliphatic hydroxyl groups excluding tert-OH is 1. The van der Waals surface area contributed by atoms with Crippen LogP contribution in [0.2, 0.25) is 0 Å². The molecule has 3 nitrogen and oxygen atoms in total. The highest BCUT2D eigenvalue weighted by Crippen LogP contribution is 2.18. The molecule has 1 aliphatic rings. The first-order valence-corrected chi connectivity index (χ1v) is 6.36. The third-order valence-corrected chi connectivity index (χ3v) is 3.60. The summed E-state index contributed by atoms with van der Waals surface area (Å²) in [6.07, 6.45) is 0.319. The molecule has 0 spiro atoms. The number of carbonyl (C=O) groups excluding carboxylic acids is 1. The van der Waals surface area contributed by atoms with Crippen LogP contribution >= 0.6 is 0 Å². The molecule has 0 saturated carbocycles. The average molecular weight is 269 g/mol. The van der Waals surface area contributed by atoms with E-state index in [1.807, 2.05) is 6.92 Å². The fourth-order valence-corrected chi connectivity index (χ4v) is 2.26. The van der Waals surface area contributed by atoms with Gasteiger partial charge in [-0.15, -0.1) is 0 Å². The molecule has 1 aromatic rings. The zero-order valence-electron chi connectivity index (χ0n) is 10.8. The van der Waals surface area contributed by atoms with Crippen molar-refractivity contribution >= 4 is 5.78 Å². The number of Topliss-reactive ketones (excluding diaryl/α,β-unsaturated/α-hetero) is 1. The highest BCUT2D eigenvalue weighted by atomic mass is 19.1. The summed E-state index contributed by atoms with van der Waals surface area (Å²) in [5, 5.41) is 9.74. The SMILES string of the molecule is CC1CCN(CC(=O)c2cc(F)ccc2F)CC1O. The molecule has 0 amide bonds. The molecule has 1 aliphatic heterocycles. The second kappa shape index (κ2) is 5.75. The number of β-amino-alcohol motifs (C(OH)–C–C–N with tert-alkyl or cyclic N) is 1. The van der Waals surface area contributed by atoms with E-state index in [9.17, 15) is 18.7 Å². The number of carbonyl (C=O) groups is 1. The summed E-state index contributed by atoms with van der Waals surface area (Å²) in [5.74, 6) is -1.59. The van der Waals surface area contributed by atoms with Crippen LogP contribution in [0.25, 0.3) is 0 Å². The Morgan fingerprint density at radius 2 is 2.21 bits per heavy atom. The van der Waals surface area contributed by atoms with Crippen molar-refractivity contribution in [2.75, 3.05) is 19.6 Å². The maximum absolute atomic E-state index is 13.5. The van der Waals surface area contributed by atoms with Gasteiger partial charge in [-0.2, -0.15) is 0 Å². The Morgan fingerprint density at radius 3 is 2.89 bits per heavy atom. The summed E-state index contributed by atoms with van der Waals surface area (Å²) in [5.41, 5.74) is -0.229. The molecule has 2 unspecified atom stereocenters. The van der Waals surface area contributed by atoms with Gasteiger partial charge in [0.05, 0.1) is 18.2 Å². The van der Waals surface area contributed by atoms with Crippen molar-refractivity contribution in [3.05, 3.63) is 35.4 Å². The summed E-state index contributed by atoms with van der Waals surface area (Å²) < 4.78 is 26.5. The van der Waals surface area contributed by atoms with Gasteiger partial charge in [-0.3, -0.25) is 9.69 Å². The van der Waals surface area contributed by atoms with Crippen LogP contribution in [-0.2, 0) is 0 Å². The molecule has 5 heteroatoms. The maximum atomic E-state index is 13.5. The number of ketones is 1. The third-order valence-electron chi connectivity index (χ3n) is 3.60. The van der Waals surface area contributed by atoms with Crippen molar-refractivity contribution in [3.63, 3.8) is 0 Å². The van der Waals surface area contributed by atoms with E-state index in [2.05, 4.69) is 0 Å². The van der Waals surface area contributed by atoms with E-state index in [0.717, 1.165) is 24.6 Å². The number of halogens is 2. The van der Waals surface area contributed by atoms with Gasteiger partial charge in [-0.25, -0.2) is 8.78 Å². The predicted octanol–water partition coefficient (Wildman–Crippen LogP) is 1.85. The summed E-state index contributed by atoms with van der Waals surface area (Å²) in [6.45, 7) is 3.03. The normalized spacial score (nSPS) is 24.4. The van der Waals surface area contributed by atoms with Gasteiger partial charge in [0.25, 0.3) is 0 Å². The van der Waals surface area contributed by atoms with Gasteiger partial charge in [0, 0.05) is 6.54 Å². The largest absolute Gasteiger partial charge is 0.392 e. The monoisotopic (exact) mass is 269 g/mol. The molecule has 0 aromatic heterocycles. The van der Waals surface area contributed by atoms with E-state index in [1.165, 1.54) is 0 Å². The Kier molecular flexibility index (Phi) is 4.27. The molecule has 1 saturated heterocycles. The Balaban J connectivity index is 2.03. The van der Waals surface area contributed by atoms with E-state index in [4.69, 9.17) is 0 Å². The van der Waals surface area contributed by atoms with E-state index in [-0.39, 0.29) is 18.0 Å². The number of piperidine rings is 1. The van der Waals surface area contributed by atoms with E-state index in [1.54, 1.807) is 4.90 Å². The molecule has 1 fully saturated rings. The first kappa shape index (κ1) is 14.1. The van der Waals surface area contributed by atoms with E-state index in [0.29, 0.717) is 13.1 Å². The van der Waals surface area contributed by atoms with Crippen LogP contribution < -0.4 is 0 Å². The summed E-state index contributed by atoms with van der Waals surface area (Å²) in [4.78, 5) is 13.7. The molecule has 1 N–H and O–H groups in total. The summed E-state index contributed by atoms with van der Waals surface area (Å²) in [7, 11) is 0. The second-order valence-corrected chi connectivity index (χ2v) is 5.12. The van der Waals surface area contributed by atoms with Gasteiger partial charge in [0.1, 0.15) is 11.6 Å². The Labute approximate surface area is 110 Å². The number of rotatable bonds is 3. The fraction of sp³-hybridized carbons (Fsp3) is 0.500. The van der Waals surface area contributed by atoms with Crippen LogP contribution in [0, 0.1) is 17.6 Å². The van der Waals surface area contributed by atoms with Crippen molar-refractivity contribution in [2.45, 2.75) is 19.4 Å². The Hall–Kier alpha value is -1.33. The molecular formula is C14H17F2NO2. The van der Waals surface area contributed by atoms with Crippen LogP contribution in [0.3, 0.4) is 0 Å². The highest BCUT2D eigenvalue weighted by molar-refractivity contribution is 5.97. The van der Waals surface area contributed by atoms with Gasteiger partial charge in [0.2, 0.25) is 0 Å². The van der Waals surface area contributed by atoms with Crippen molar-refractivity contribution in [3.8, 4) is 0 Å². The predicted molar refractivity (Wildman–Crippen MR) is 66.9 cm³/mol. The van der Waals surface area contributed by atoms with Crippen molar-refractivity contribution in [1.29, 1.82) is 0 Å². The Morgan fingerprint density at radius 1 is 1.47 bits per heavy atom. The van der Waals surface area contributed by atoms with Crippen molar-refractivity contribution in [2.24, 2.45) is 5.92 Å². The van der Waals surface area contributed by atoms with Gasteiger partial charge in [-0.1, -0.05) is 6.92 Å². The minimum atomic E-state index is -0.711. The molecule has 0 aliphatic carbocycles. The van der Waals surface area contributed by atoms with Crippen LogP contribution in [-0.4, -0.2) is 41.5 Å². The molecule has 0 bridgehead atoms. The lowest BCUT2D eigenvalue weighted by Gasteiger charge is -2.33. The van der Waals surface area contributed by atoms with E-state index < -0.39 is 23.5 Å². The van der Waals surface area contributed by atoms with Crippen molar-refractivity contribution in [1.82, 2.24) is 4.90 Å². The third kappa shape index (κ3) is 3.36. The van der Waals surface area contributed by atoms with Crippen LogP contribution in [0.1, 0.15) is 23.7 Å². The van der Waals surface area contributed by atoms with Gasteiger partial charge < -0.3 is 5.11 Å². The molecule has 0 radical (unpaired) electrons. The number of nitrogens with zero attached hydrogens (tertiary/aromatic N) is 1. The first-order chi connectivity index (χ1) is 8.97. The summed E-state index contributed by atoms with van der Waals surface area (Å²) >= 11 is 0. The second-order valence-electron chi connectivity index (χ2n) is 5.12. The van der Waals surface area contributed by atoms with Gasteiger partial charge in [-0.05, 0) is 37.1 Å². The maximum Gasteiger partial charge on any atom is 0.179 e. The minimum absolute atomic E-state index is 0.00412. The first-order valence-electron chi connectivity index (χ1n) is 6.36. The molecule has 2 atom stereocenters. The zero-order valence-corrected chi connectivity index (χ0v) is 10.8. The quantitative estimate of drug-likeness (QED) is 0.851. The molecule has 104 valence electrons. The van der Waals surface area contributed by atoms with Crippen LogP contribution in [0.5, 0.6) is 0 Å². The fourth-order valence-electron chi connectivity index (χ4n) is 2.26. The molecule has 2 rings (SSSR count). The van der Waals surface area contributed by atoms with Crippen LogP contribution in [0.4, 0.5) is 8.78 Å². The summed E-state index contributed by atoms with van der Waals surface area (Å²) in [6, 6.07) is 2.86. The number of hydrogen-bond acceptors (Lipinski definition) is 3. The lowest BCUT2D eigenvalue weighted by Crippen LogP contribution is -2.44.